The smallest absolute Gasteiger partial charge is 0.306 e. The van der Waals surface area contributed by atoms with Gasteiger partial charge in [0.05, 0.1) is 11.4 Å². The number of para-hydroxylation sites is 1. The summed E-state index contributed by atoms with van der Waals surface area (Å²) in [6, 6.07) is 19.6. The Morgan fingerprint density at radius 3 is 2.00 bits per heavy atom. The zero-order chi connectivity index (χ0) is 13.9. The minimum Gasteiger partial charge on any atom is -0.306 e. The molecule has 0 aliphatic carbocycles. The molecule has 0 fully saturated rings. The van der Waals surface area contributed by atoms with Crippen molar-refractivity contribution in [3.8, 4) is 16.9 Å². The Kier molecular flexibility index (Phi) is 3.05. The predicted molar refractivity (Wildman–Crippen MR) is 78.1 cm³/mol. The van der Waals surface area contributed by atoms with Crippen LogP contribution in [0.25, 0.3) is 16.9 Å². The molecule has 20 heavy (non-hydrogen) atoms. The second-order valence-corrected chi connectivity index (χ2v) is 4.36. The summed E-state index contributed by atoms with van der Waals surface area (Å²) >= 11 is 0. The first-order valence-corrected chi connectivity index (χ1v) is 6.23. The normalized spacial score (nSPS) is 10.4. The van der Waals surface area contributed by atoms with Crippen LogP contribution in [0.3, 0.4) is 0 Å². The molecule has 4 heteroatoms. The van der Waals surface area contributed by atoms with Crippen LogP contribution in [0, 0.1) is 0 Å². The quantitative estimate of drug-likeness (QED) is 0.771. The molecule has 98 valence electrons. The lowest BCUT2D eigenvalue weighted by atomic mass is 10.1. The zero-order valence-corrected chi connectivity index (χ0v) is 10.6. The maximum atomic E-state index is 12.2. The number of hydrogen-bond acceptors (Lipinski definition) is 2. The molecule has 4 nitrogen and oxygen atoms in total. The van der Waals surface area contributed by atoms with E-state index in [1.165, 1.54) is 6.07 Å². The lowest BCUT2D eigenvalue weighted by Gasteiger charge is -2.06. The highest BCUT2D eigenvalue weighted by atomic mass is 16.2. The molecule has 3 rings (SSSR count). The average molecular weight is 264 g/mol. The fourth-order valence-corrected chi connectivity index (χ4v) is 2.09. The van der Waals surface area contributed by atoms with Gasteiger partial charge in [0, 0.05) is 6.07 Å². The van der Waals surface area contributed by atoms with E-state index in [4.69, 9.17) is 0 Å². The van der Waals surface area contributed by atoms with Crippen LogP contribution in [0.4, 0.5) is 0 Å². The van der Waals surface area contributed by atoms with Crippen LogP contribution in [-0.4, -0.2) is 9.55 Å². The van der Waals surface area contributed by atoms with E-state index in [-0.39, 0.29) is 5.56 Å². The van der Waals surface area contributed by atoms with E-state index < -0.39 is 5.69 Å². The zero-order valence-electron chi connectivity index (χ0n) is 10.6. The number of nitrogens with zero attached hydrogens (tertiary/aromatic N) is 1. The van der Waals surface area contributed by atoms with E-state index in [1.807, 2.05) is 36.4 Å². The minimum atomic E-state index is -0.442. The van der Waals surface area contributed by atoms with E-state index in [0.717, 1.165) is 10.1 Å². The first-order valence-electron chi connectivity index (χ1n) is 6.23. The molecule has 1 heterocycles. The Labute approximate surface area is 115 Å². The summed E-state index contributed by atoms with van der Waals surface area (Å²) in [7, 11) is 0. The van der Waals surface area contributed by atoms with Crippen LogP contribution < -0.4 is 11.2 Å². The van der Waals surface area contributed by atoms with Crippen LogP contribution >= 0.6 is 0 Å². The second kappa shape index (κ2) is 5.01. The monoisotopic (exact) mass is 264 g/mol. The highest BCUT2D eigenvalue weighted by Gasteiger charge is 2.07. The summed E-state index contributed by atoms with van der Waals surface area (Å²) in [5.41, 5.74) is 1.09. The molecule has 2 aromatic carbocycles. The van der Waals surface area contributed by atoms with Gasteiger partial charge in [-0.2, -0.15) is 0 Å². The van der Waals surface area contributed by atoms with Crippen molar-refractivity contribution >= 4 is 0 Å². The molecule has 0 aliphatic rings. The van der Waals surface area contributed by atoms with Crippen LogP contribution in [0.2, 0.25) is 0 Å². The number of nitrogens with one attached hydrogen (secondary N) is 1. The van der Waals surface area contributed by atoms with Crippen molar-refractivity contribution in [3.05, 3.63) is 87.6 Å². The highest BCUT2D eigenvalue weighted by molar-refractivity contribution is 5.58. The first kappa shape index (κ1) is 12.2. The van der Waals surface area contributed by atoms with Gasteiger partial charge in [0.1, 0.15) is 0 Å². The first-order chi connectivity index (χ1) is 9.75. The highest BCUT2D eigenvalue weighted by Crippen LogP contribution is 2.13. The second-order valence-electron chi connectivity index (χ2n) is 4.36. The maximum Gasteiger partial charge on any atom is 0.333 e. The lowest BCUT2D eigenvalue weighted by Crippen LogP contribution is -2.33. The Hall–Kier alpha value is -2.88. The Bertz CT molecular complexity index is 802. The van der Waals surface area contributed by atoms with E-state index in [2.05, 4.69) is 4.98 Å². The fourth-order valence-electron chi connectivity index (χ4n) is 2.09. The van der Waals surface area contributed by atoms with Gasteiger partial charge in [0.2, 0.25) is 0 Å². The standard InChI is InChI=1S/C16H12N2O2/c19-15-11-14(12-7-3-1-4-8-12)17-16(20)18(15)13-9-5-2-6-10-13/h1-11H,(H,17,20). The molecule has 0 spiro atoms. The summed E-state index contributed by atoms with van der Waals surface area (Å²) in [5, 5.41) is 0. The number of benzene rings is 2. The molecule has 0 unspecified atom stereocenters. The third kappa shape index (κ3) is 2.19. The average Bonchev–Trinajstić information content (AvgIpc) is 2.48. The molecule has 0 atom stereocenters. The minimum absolute atomic E-state index is 0.348. The third-order valence-corrected chi connectivity index (χ3v) is 3.03. The number of hydrogen-bond donors (Lipinski definition) is 1. The van der Waals surface area contributed by atoms with Crippen molar-refractivity contribution in [1.82, 2.24) is 9.55 Å². The topological polar surface area (TPSA) is 54.9 Å². The van der Waals surface area contributed by atoms with E-state index >= 15 is 0 Å². The van der Waals surface area contributed by atoms with Gasteiger partial charge in [-0.1, -0.05) is 48.5 Å². The number of rotatable bonds is 2. The van der Waals surface area contributed by atoms with Crippen molar-refractivity contribution in [2.24, 2.45) is 0 Å². The molecule has 1 N–H and O–H groups in total. The molecular formula is C16H12N2O2. The molecule has 0 aliphatic heterocycles. The Balaban J connectivity index is 2.19. The third-order valence-electron chi connectivity index (χ3n) is 3.03. The van der Waals surface area contributed by atoms with Gasteiger partial charge in [-0.3, -0.25) is 4.79 Å². The van der Waals surface area contributed by atoms with Crippen molar-refractivity contribution in [2.75, 3.05) is 0 Å². The van der Waals surface area contributed by atoms with Gasteiger partial charge in [0.15, 0.2) is 0 Å². The molecule has 3 aromatic rings. The molecule has 0 bridgehead atoms. The SMILES string of the molecule is O=c1cc(-c2ccccc2)[nH]c(=O)n1-c1ccccc1. The van der Waals surface area contributed by atoms with Gasteiger partial charge < -0.3 is 4.98 Å². The van der Waals surface area contributed by atoms with Gasteiger partial charge in [-0.15, -0.1) is 0 Å². The summed E-state index contributed by atoms with van der Waals surface area (Å²) in [6.07, 6.45) is 0. The molecule has 0 radical (unpaired) electrons. The predicted octanol–water partition coefficient (Wildman–Crippen LogP) is 2.19. The summed E-state index contributed by atoms with van der Waals surface area (Å²) in [5.74, 6) is 0. The lowest BCUT2D eigenvalue weighted by molar-refractivity contribution is 0.879. The van der Waals surface area contributed by atoms with Crippen molar-refractivity contribution in [1.29, 1.82) is 0 Å². The molecule has 0 amide bonds. The Morgan fingerprint density at radius 2 is 1.40 bits per heavy atom. The van der Waals surface area contributed by atoms with E-state index in [1.54, 1.807) is 24.3 Å². The van der Waals surface area contributed by atoms with Gasteiger partial charge in [-0.05, 0) is 17.7 Å². The summed E-state index contributed by atoms with van der Waals surface area (Å²) in [6.45, 7) is 0. The van der Waals surface area contributed by atoms with E-state index in [0.29, 0.717) is 11.4 Å². The summed E-state index contributed by atoms with van der Waals surface area (Å²) in [4.78, 5) is 27.1. The Morgan fingerprint density at radius 1 is 0.800 bits per heavy atom. The largest absolute Gasteiger partial charge is 0.333 e. The van der Waals surface area contributed by atoms with Crippen molar-refractivity contribution in [2.45, 2.75) is 0 Å². The van der Waals surface area contributed by atoms with Crippen LogP contribution in [0.5, 0.6) is 0 Å². The van der Waals surface area contributed by atoms with Crippen molar-refractivity contribution < 1.29 is 0 Å². The van der Waals surface area contributed by atoms with Gasteiger partial charge in [0.25, 0.3) is 5.56 Å². The summed E-state index contributed by atoms with van der Waals surface area (Å²) < 4.78 is 1.12. The van der Waals surface area contributed by atoms with Gasteiger partial charge >= 0.3 is 5.69 Å². The fraction of sp³-hybridized carbons (Fsp3) is 0. The van der Waals surface area contributed by atoms with E-state index in [9.17, 15) is 9.59 Å². The number of aromatic nitrogens is 2. The number of H-pyrrole nitrogens is 1. The molecular weight excluding hydrogens is 252 g/mol. The van der Waals surface area contributed by atoms with Crippen molar-refractivity contribution in [3.63, 3.8) is 0 Å². The van der Waals surface area contributed by atoms with Crippen LogP contribution in [0.15, 0.2) is 76.3 Å². The van der Waals surface area contributed by atoms with Gasteiger partial charge in [-0.25, -0.2) is 9.36 Å². The molecule has 0 saturated carbocycles. The number of aromatic amines is 1. The van der Waals surface area contributed by atoms with Crippen LogP contribution in [-0.2, 0) is 0 Å². The molecule has 0 saturated heterocycles. The maximum absolute atomic E-state index is 12.2. The molecule has 1 aromatic heterocycles. The van der Waals surface area contributed by atoms with Crippen LogP contribution in [0.1, 0.15) is 0 Å².